The van der Waals surface area contributed by atoms with Crippen LogP contribution in [-0.2, 0) is 14.3 Å². The SMILES string of the molecule is CCC(C(=O)OC)N(NC(=O)c1ccc(C#CBr)cc1)C(=O)OC(C)(C)C. The summed E-state index contributed by atoms with van der Waals surface area (Å²) >= 11 is 3.01. The van der Waals surface area contributed by atoms with Crippen LogP contribution in [0.2, 0.25) is 0 Å². The fourth-order valence-corrected chi connectivity index (χ4v) is 2.31. The van der Waals surface area contributed by atoms with Gasteiger partial charge in [-0.3, -0.25) is 10.2 Å². The van der Waals surface area contributed by atoms with Crippen molar-refractivity contribution in [3.63, 3.8) is 0 Å². The maximum Gasteiger partial charge on any atom is 0.430 e. The van der Waals surface area contributed by atoms with Gasteiger partial charge >= 0.3 is 12.1 Å². The summed E-state index contributed by atoms with van der Waals surface area (Å²) in [7, 11) is 1.21. The standard InChI is InChI=1S/C19H23BrN2O5/c1-6-15(17(24)26-5)22(18(25)27-19(2,3)4)21-16(23)14-9-7-13(8-10-14)11-12-20/h7-10,15H,6H2,1-5H3,(H,21,23). The molecule has 0 saturated carbocycles. The Labute approximate surface area is 167 Å². The second kappa shape index (κ2) is 9.97. The molecule has 0 radical (unpaired) electrons. The summed E-state index contributed by atoms with van der Waals surface area (Å²) in [6.45, 7) is 6.76. The zero-order valence-corrected chi connectivity index (χ0v) is 17.5. The third kappa shape index (κ3) is 6.94. The van der Waals surface area contributed by atoms with E-state index in [1.165, 1.54) is 7.11 Å². The van der Waals surface area contributed by atoms with Gasteiger partial charge in [-0.15, -0.1) is 0 Å². The second-order valence-electron chi connectivity index (χ2n) is 6.54. The number of carbonyl (C=O) groups is 3. The Hall–Kier alpha value is -2.53. The molecule has 0 saturated heterocycles. The number of methoxy groups -OCH3 is 1. The van der Waals surface area contributed by atoms with Gasteiger partial charge in [-0.25, -0.2) is 14.6 Å². The molecule has 0 aliphatic heterocycles. The molecular formula is C19H23BrN2O5. The maximum atomic E-state index is 12.6. The van der Waals surface area contributed by atoms with Crippen molar-refractivity contribution in [3.05, 3.63) is 35.4 Å². The zero-order valence-electron chi connectivity index (χ0n) is 16.0. The Bertz CT molecular complexity index is 744. The summed E-state index contributed by atoms with van der Waals surface area (Å²) < 4.78 is 10.0. The predicted octanol–water partition coefficient (Wildman–Crippen LogP) is 3.22. The average molecular weight is 439 g/mol. The lowest BCUT2D eigenvalue weighted by Crippen LogP contribution is -2.56. The molecule has 1 aromatic carbocycles. The molecule has 1 atom stereocenters. The minimum absolute atomic E-state index is 0.228. The van der Waals surface area contributed by atoms with Gasteiger partial charge in [-0.2, -0.15) is 0 Å². The molecule has 7 nitrogen and oxygen atoms in total. The quantitative estimate of drug-likeness (QED) is 0.443. The van der Waals surface area contributed by atoms with E-state index in [1.54, 1.807) is 52.0 Å². The lowest BCUT2D eigenvalue weighted by Gasteiger charge is -2.31. The van der Waals surface area contributed by atoms with Crippen LogP contribution >= 0.6 is 15.9 Å². The largest absolute Gasteiger partial charge is 0.467 e. The molecule has 8 heteroatoms. The van der Waals surface area contributed by atoms with Crippen LogP contribution in [0.1, 0.15) is 50.0 Å². The number of benzene rings is 1. The van der Waals surface area contributed by atoms with Crippen LogP contribution in [0.15, 0.2) is 24.3 Å². The normalized spacial score (nSPS) is 11.5. The van der Waals surface area contributed by atoms with E-state index in [9.17, 15) is 14.4 Å². The third-order valence-electron chi connectivity index (χ3n) is 3.32. The van der Waals surface area contributed by atoms with Crippen molar-refractivity contribution in [3.8, 4) is 10.8 Å². The number of hydrogen-bond donors (Lipinski definition) is 1. The number of halogens is 1. The van der Waals surface area contributed by atoms with Gasteiger partial charge in [-0.1, -0.05) is 12.8 Å². The van der Waals surface area contributed by atoms with E-state index in [1.807, 2.05) is 0 Å². The lowest BCUT2D eigenvalue weighted by molar-refractivity contribution is -0.147. The van der Waals surface area contributed by atoms with Gasteiger partial charge < -0.3 is 9.47 Å². The molecule has 1 aromatic rings. The highest BCUT2D eigenvalue weighted by Crippen LogP contribution is 2.14. The first-order valence-electron chi connectivity index (χ1n) is 8.25. The number of nitrogens with one attached hydrogen (secondary N) is 1. The summed E-state index contributed by atoms with van der Waals surface area (Å²) in [5.41, 5.74) is 2.66. The molecule has 27 heavy (non-hydrogen) atoms. The fourth-order valence-electron chi connectivity index (χ4n) is 2.09. The first kappa shape index (κ1) is 22.5. The summed E-state index contributed by atoms with van der Waals surface area (Å²) in [6, 6.07) is 5.44. The van der Waals surface area contributed by atoms with E-state index in [2.05, 4.69) is 32.1 Å². The smallest absolute Gasteiger partial charge is 0.430 e. The van der Waals surface area contributed by atoms with Crippen molar-refractivity contribution in [2.75, 3.05) is 7.11 Å². The number of esters is 1. The fraction of sp³-hybridized carbons (Fsp3) is 0.421. The highest BCUT2D eigenvalue weighted by Gasteiger charge is 2.34. The van der Waals surface area contributed by atoms with E-state index >= 15 is 0 Å². The molecule has 0 fully saturated rings. The molecule has 0 aliphatic rings. The van der Waals surface area contributed by atoms with E-state index in [0.717, 1.165) is 5.01 Å². The second-order valence-corrected chi connectivity index (χ2v) is 6.93. The number of ether oxygens (including phenoxy) is 2. The molecule has 146 valence electrons. The summed E-state index contributed by atoms with van der Waals surface area (Å²) in [6.07, 6.45) is -0.624. The van der Waals surface area contributed by atoms with Crippen LogP contribution < -0.4 is 5.43 Å². The molecule has 0 spiro atoms. The molecule has 0 heterocycles. The molecular weight excluding hydrogens is 416 g/mol. The molecule has 0 aliphatic carbocycles. The van der Waals surface area contributed by atoms with Gasteiger partial charge in [0, 0.05) is 27.1 Å². The maximum absolute atomic E-state index is 12.6. The Kier molecular flexibility index (Phi) is 8.32. The van der Waals surface area contributed by atoms with E-state index < -0.39 is 29.6 Å². The van der Waals surface area contributed by atoms with Crippen LogP contribution in [0.3, 0.4) is 0 Å². The monoisotopic (exact) mass is 438 g/mol. The van der Waals surface area contributed by atoms with Crippen molar-refractivity contribution in [2.24, 2.45) is 0 Å². The first-order chi connectivity index (χ1) is 12.6. The van der Waals surface area contributed by atoms with Gasteiger partial charge in [0.15, 0.2) is 6.04 Å². The minimum atomic E-state index is -1.02. The number of hydrazine groups is 1. The number of carbonyl (C=O) groups excluding carboxylic acids is 3. The summed E-state index contributed by atoms with van der Waals surface area (Å²) in [5.74, 6) is 1.57. The highest BCUT2D eigenvalue weighted by atomic mass is 79.9. The Morgan fingerprint density at radius 1 is 1.22 bits per heavy atom. The number of rotatable bonds is 4. The minimum Gasteiger partial charge on any atom is -0.467 e. The van der Waals surface area contributed by atoms with Gasteiger partial charge in [0.05, 0.1) is 7.11 Å². The van der Waals surface area contributed by atoms with Gasteiger partial charge in [0.25, 0.3) is 5.91 Å². The van der Waals surface area contributed by atoms with Crippen LogP contribution in [0.25, 0.3) is 0 Å². The molecule has 2 amide bonds. The molecule has 1 unspecified atom stereocenters. The van der Waals surface area contributed by atoms with Crippen LogP contribution in [-0.4, -0.2) is 41.7 Å². The van der Waals surface area contributed by atoms with E-state index in [0.29, 0.717) is 11.1 Å². The van der Waals surface area contributed by atoms with Gasteiger partial charge in [-0.05, 0) is 56.3 Å². The van der Waals surface area contributed by atoms with Gasteiger partial charge in [0.1, 0.15) is 5.60 Å². The van der Waals surface area contributed by atoms with Crippen LogP contribution in [0.4, 0.5) is 4.79 Å². The highest BCUT2D eigenvalue weighted by molar-refractivity contribution is 9.12. The average Bonchev–Trinajstić information content (AvgIpc) is 2.60. The third-order valence-corrected chi connectivity index (χ3v) is 3.52. The summed E-state index contributed by atoms with van der Waals surface area (Å²) in [5, 5.41) is 0.867. The molecule has 0 bridgehead atoms. The van der Waals surface area contributed by atoms with E-state index in [4.69, 9.17) is 9.47 Å². The topological polar surface area (TPSA) is 84.9 Å². The van der Waals surface area contributed by atoms with Gasteiger partial charge in [0.2, 0.25) is 0 Å². The number of nitrogens with zero attached hydrogens (tertiary/aromatic N) is 1. The van der Waals surface area contributed by atoms with Crippen molar-refractivity contribution < 1.29 is 23.9 Å². The van der Waals surface area contributed by atoms with Crippen molar-refractivity contribution >= 4 is 33.9 Å². The van der Waals surface area contributed by atoms with Crippen molar-refractivity contribution in [1.82, 2.24) is 10.4 Å². The molecule has 1 N–H and O–H groups in total. The van der Waals surface area contributed by atoms with Crippen molar-refractivity contribution in [1.29, 1.82) is 0 Å². The van der Waals surface area contributed by atoms with E-state index in [-0.39, 0.29) is 6.42 Å². The Morgan fingerprint density at radius 2 is 1.81 bits per heavy atom. The molecule has 1 rings (SSSR count). The first-order valence-corrected chi connectivity index (χ1v) is 9.05. The number of amides is 2. The summed E-state index contributed by atoms with van der Waals surface area (Å²) in [4.78, 5) is 39.7. The zero-order chi connectivity index (χ0) is 20.6. The molecule has 0 aromatic heterocycles. The van der Waals surface area contributed by atoms with Crippen molar-refractivity contribution in [2.45, 2.75) is 45.8 Å². The predicted molar refractivity (Wildman–Crippen MR) is 104 cm³/mol. The Balaban J connectivity index is 3.10. The van der Waals surface area contributed by atoms with Crippen LogP contribution in [0.5, 0.6) is 0 Å². The Morgan fingerprint density at radius 3 is 2.26 bits per heavy atom. The number of hydrogen-bond acceptors (Lipinski definition) is 5. The lowest BCUT2D eigenvalue weighted by atomic mass is 10.1. The van der Waals surface area contributed by atoms with Crippen LogP contribution in [0, 0.1) is 10.8 Å².